The minimum Gasteiger partial charge on any atom is -0.490 e. The Morgan fingerprint density at radius 1 is 1.03 bits per heavy atom. The van der Waals surface area contributed by atoms with E-state index < -0.39 is 0 Å². The second-order valence-corrected chi connectivity index (χ2v) is 8.00. The Balaban J connectivity index is 1.67. The molecule has 1 heterocycles. The van der Waals surface area contributed by atoms with Gasteiger partial charge in [-0.2, -0.15) is 0 Å². The van der Waals surface area contributed by atoms with Crippen molar-refractivity contribution in [1.82, 2.24) is 5.32 Å². The number of amides is 1. The van der Waals surface area contributed by atoms with Crippen LogP contribution in [0.2, 0.25) is 0 Å². The van der Waals surface area contributed by atoms with Gasteiger partial charge in [0.2, 0.25) is 5.91 Å². The average Bonchev–Trinajstić information content (AvgIpc) is 2.79. The van der Waals surface area contributed by atoms with Gasteiger partial charge < -0.3 is 19.5 Å². The smallest absolute Gasteiger partial charge is 0.220 e. The number of nitrogens with one attached hydrogen (secondary N) is 1. The Hall–Kier alpha value is -2.69. The Labute approximate surface area is 186 Å². The number of carbonyl (C=O) groups is 1. The van der Waals surface area contributed by atoms with E-state index >= 15 is 0 Å². The summed E-state index contributed by atoms with van der Waals surface area (Å²) in [7, 11) is 0. The van der Waals surface area contributed by atoms with Gasteiger partial charge in [-0.15, -0.1) is 0 Å². The lowest BCUT2D eigenvalue weighted by atomic mass is 9.83. The van der Waals surface area contributed by atoms with E-state index in [-0.39, 0.29) is 17.6 Å². The van der Waals surface area contributed by atoms with Crippen molar-refractivity contribution in [2.45, 2.75) is 71.4 Å². The third-order valence-electron chi connectivity index (χ3n) is 6.07. The third-order valence-corrected chi connectivity index (χ3v) is 6.07. The van der Waals surface area contributed by atoms with Crippen molar-refractivity contribution < 1.29 is 19.0 Å². The molecule has 31 heavy (non-hydrogen) atoms. The van der Waals surface area contributed by atoms with Gasteiger partial charge >= 0.3 is 0 Å². The minimum absolute atomic E-state index is 0.0309. The molecule has 1 aliphatic heterocycles. The number of hydrogen-bond acceptors (Lipinski definition) is 4. The van der Waals surface area contributed by atoms with Gasteiger partial charge in [0.1, 0.15) is 11.4 Å². The summed E-state index contributed by atoms with van der Waals surface area (Å²) in [6.45, 7) is 9.37. The first-order valence-corrected chi connectivity index (χ1v) is 11.5. The highest BCUT2D eigenvalue weighted by Crippen LogP contribution is 2.42. The Morgan fingerprint density at radius 3 is 2.45 bits per heavy atom. The van der Waals surface area contributed by atoms with Crippen molar-refractivity contribution in [2.24, 2.45) is 0 Å². The molecule has 0 spiro atoms. The summed E-state index contributed by atoms with van der Waals surface area (Å²) in [5, 5.41) is 3.27. The fraction of sp³-hybridized carbons (Fsp3) is 0.500. The van der Waals surface area contributed by atoms with Crippen LogP contribution in [0.15, 0.2) is 42.5 Å². The van der Waals surface area contributed by atoms with Crippen LogP contribution in [0, 0.1) is 0 Å². The van der Waals surface area contributed by atoms with Gasteiger partial charge in [-0.1, -0.05) is 38.1 Å². The topological polar surface area (TPSA) is 56.8 Å². The summed E-state index contributed by atoms with van der Waals surface area (Å²) in [6, 6.07) is 13.9. The van der Waals surface area contributed by atoms with E-state index in [9.17, 15) is 4.79 Å². The fourth-order valence-electron chi connectivity index (χ4n) is 4.21. The quantitative estimate of drug-likeness (QED) is 0.537. The summed E-state index contributed by atoms with van der Waals surface area (Å²) in [5.41, 5.74) is 1.90. The van der Waals surface area contributed by atoms with Crippen molar-refractivity contribution in [1.29, 1.82) is 0 Å². The standard InChI is InChI=1S/C26H35NO4/c1-5-26(6-2)18-21(20-11-9-10-12-22(20)31-26)27-25(28)16-14-19-13-15-23(29-7-3)24(17-19)30-8-4/h9-13,15,17,21H,5-8,14,16,18H2,1-4H3,(H,27,28)/t21-/m0/s1. The molecule has 0 saturated carbocycles. The number of fused-ring (bicyclic) bond motifs is 1. The van der Waals surface area contributed by atoms with Gasteiger partial charge in [0, 0.05) is 18.4 Å². The summed E-state index contributed by atoms with van der Waals surface area (Å²) in [6.07, 6.45) is 3.69. The molecule has 1 N–H and O–H groups in total. The maximum absolute atomic E-state index is 12.9. The molecule has 5 heteroatoms. The maximum atomic E-state index is 12.9. The normalized spacial score (nSPS) is 16.7. The second kappa shape index (κ2) is 10.6. The van der Waals surface area contributed by atoms with Crippen LogP contribution in [0.3, 0.4) is 0 Å². The van der Waals surface area contributed by atoms with Crippen molar-refractivity contribution in [3.05, 3.63) is 53.6 Å². The summed E-state index contributed by atoms with van der Waals surface area (Å²) >= 11 is 0. The molecule has 1 atom stereocenters. The predicted octanol–water partition coefficient (Wildman–Crippen LogP) is 5.62. The molecule has 0 radical (unpaired) electrons. The van der Waals surface area contributed by atoms with Crippen LogP contribution in [0.25, 0.3) is 0 Å². The molecule has 0 fully saturated rings. The van der Waals surface area contributed by atoms with Crippen LogP contribution in [0.5, 0.6) is 17.2 Å². The highest BCUT2D eigenvalue weighted by molar-refractivity contribution is 5.77. The molecule has 168 valence electrons. The van der Waals surface area contributed by atoms with Gasteiger partial charge in [-0.05, 0) is 56.9 Å². The van der Waals surface area contributed by atoms with Gasteiger partial charge in [0.05, 0.1) is 19.3 Å². The molecular weight excluding hydrogens is 390 g/mol. The number of aryl methyl sites for hydroxylation is 1. The molecule has 5 nitrogen and oxygen atoms in total. The number of rotatable bonds is 10. The Bertz CT molecular complexity index is 875. The van der Waals surface area contributed by atoms with E-state index in [1.165, 1.54) is 0 Å². The molecule has 0 saturated heterocycles. The molecule has 2 aromatic carbocycles. The fourth-order valence-corrected chi connectivity index (χ4v) is 4.21. The van der Waals surface area contributed by atoms with Crippen molar-refractivity contribution in [3.63, 3.8) is 0 Å². The highest BCUT2D eigenvalue weighted by Gasteiger charge is 2.38. The first-order valence-electron chi connectivity index (χ1n) is 11.5. The lowest BCUT2D eigenvalue weighted by Crippen LogP contribution is -2.44. The molecular formula is C26H35NO4. The van der Waals surface area contributed by atoms with Crippen molar-refractivity contribution in [3.8, 4) is 17.2 Å². The van der Waals surface area contributed by atoms with Crippen LogP contribution >= 0.6 is 0 Å². The van der Waals surface area contributed by atoms with Crippen molar-refractivity contribution in [2.75, 3.05) is 13.2 Å². The second-order valence-electron chi connectivity index (χ2n) is 8.00. The summed E-state index contributed by atoms with van der Waals surface area (Å²) < 4.78 is 17.7. The number of benzene rings is 2. The molecule has 1 aliphatic rings. The first kappa shape index (κ1) is 23.0. The maximum Gasteiger partial charge on any atom is 0.220 e. The minimum atomic E-state index is -0.228. The lowest BCUT2D eigenvalue weighted by Gasteiger charge is -2.41. The molecule has 0 bridgehead atoms. The predicted molar refractivity (Wildman–Crippen MR) is 123 cm³/mol. The van der Waals surface area contributed by atoms with Gasteiger partial charge in [-0.25, -0.2) is 0 Å². The molecule has 0 aliphatic carbocycles. The van der Waals surface area contributed by atoms with Crippen LogP contribution in [0.1, 0.15) is 70.5 Å². The molecule has 3 rings (SSSR count). The van der Waals surface area contributed by atoms with Crippen molar-refractivity contribution >= 4 is 5.91 Å². The third kappa shape index (κ3) is 5.52. The van der Waals surface area contributed by atoms with E-state index in [1.54, 1.807) is 0 Å². The van der Waals surface area contributed by atoms with Gasteiger partial charge in [0.15, 0.2) is 11.5 Å². The Morgan fingerprint density at radius 2 is 1.74 bits per heavy atom. The number of para-hydroxylation sites is 1. The van der Waals surface area contributed by atoms with Gasteiger partial charge in [0.25, 0.3) is 0 Å². The zero-order chi connectivity index (χ0) is 22.3. The lowest BCUT2D eigenvalue weighted by molar-refractivity contribution is -0.122. The van der Waals surface area contributed by atoms with E-state index in [1.807, 2.05) is 50.2 Å². The number of ether oxygens (including phenoxy) is 3. The SMILES string of the molecule is CCOc1ccc(CCC(=O)N[C@H]2CC(CC)(CC)Oc3ccccc32)cc1OCC. The molecule has 0 unspecified atom stereocenters. The first-order chi connectivity index (χ1) is 15.0. The van der Waals surface area contributed by atoms with E-state index in [4.69, 9.17) is 14.2 Å². The largest absolute Gasteiger partial charge is 0.490 e. The van der Waals surface area contributed by atoms with E-state index in [0.29, 0.717) is 26.1 Å². The van der Waals surface area contributed by atoms with Crippen LogP contribution in [-0.4, -0.2) is 24.7 Å². The Kier molecular flexibility index (Phi) is 7.83. The summed E-state index contributed by atoms with van der Waals surface area (Å²) in [5.74, 6) is 2.41. The zero-order valence-corrected chi connectivity index (χ0v) is 19.2. The number of hydrogen-bond donors (Lipinski definition) is 1. The molecule has 1 amide bonds. The van der Waals surface area contributed by atoms with Crippen LogP contribution in [-0.2, 0) is 11.2 Å². The van der Waals surface area contributed by atoms with Crippen LogP contribution in [0.4, 0.5) is 0 Å². The van der Waals surface area contributed by atoms with E-state index in [0.717, 1.165) is 47.6 Å². The monoisotopic (exact) mass is 425 g/mol. The summed E-state index contributed by atoms with van der Waals surface area (Å²) in [4.78, 5) is 12.9. The van der Waals surface area contributed by atoms with Crippen LogP contribution < -0.4 is 19.5 Å². The van der Waals surface area contributed by atoms with E-state index in [2.05, 4.69) is 25.2 Å². The molecule has 2 aromatic rings. The number of carbonyl (C=O) groups excluding carboxylic acids is 1. The van der Waals surface area contributed by atoms with Gasteiger partial charge in [-0.3, -0.25) is 4.79 Å². The molecule has 0 aromatic heterocycles. The highest BCUT2D eigenvalue weighted by atomic mass is 16.5. The average molecular weight is 426 g/mol. The zero-order valence-electron chi connectivity index (χ0n) is 19.2.